The first-order valence-electron chi connectivity index (χ1n) is 6.87. The molecule has 2 aromatic rings. The Morgan fingerprint density at radius 3 is 2.26 bits per heavy atom. The summed E-state index contributed by atoms with van der Waals surface area (Å²) in [6.07, 6.45) is 1.30. The monoisotopic (exact) mass is 314 g/mol. The Labute approximate surface area is 133 Å². The van der Waals surface area contributed by atoms with Gasteiger partial charge in [-0.1, -0.05) is 42.5 Å². The molecule has 0 fully saturated rings. The normalized spacial score (nSPS) is 11.0. The van der Waals surface area contributed by atoms with Crippen molar-refractivity contribution in [3.63, 3.8) is 0 Å². The van der Waals surface area contributed by atoms with Crippen molar-refractivity contribution in [3.05, 3.63) is 77.1 Å². The van der Waals surface area contributed by atoms with Crippen molar-refractivity contribution in [2.45, 2.75) is 6.61 Å². The van der Waals surface area contributed by atoms with Gasteiger partial charge in [0.2, 0.25) is 0 Å². The van der Waals surface area contributed by atoms with Gasteiger partial charge in [0.1, 0.15) is 18.0 Å². The predicted octanol–water partition coefficient (Wildman–Crippen LogP) is 3.13. The quantitative estimate of drug-likeness (QED) is 0.368. The van der Waals surface area contributed by atoms with Crippen molar-refractivity contribution in [2.75, 3.05) is 7.11 Å². The minimum Gasteiger partial charge on any atom is -0.465 e. The second-order valence-corrected chi connectivity index (χ2v) is 4.66. The SMILES string of the molecule is COC(=O)C(=Cc1ccc(F)cc1)C(=O)OCc1ccccc1. The van der Waals surface area contributed by atoms with Crippen LogP contribution in [0.5, 0.6) is 0 Å². The zero-order chi connectivity index (χ0) is 16.7. The first kappa shape index (κ1) is 16.4. The molecule has 5 heteroatoms. The lowest BCUT2D eigenvalue weighted by Gasteiger charge is -2.07. The van der Waals surface area contributed by atoms with Crippen LogP contribution in [0, 0.1) is 5.82 Å². The summed E-state index contributed by atoms with van der Waals surface area (Å²) in [4.78, 5) is 23.9. The molecule has 0 amide bonds. The molecule has 0 bridgehead atoms. The molecular formula is C18H15FO4. The standard InChI is InChI=1S/C18H15FO4/c1-22-17(20)16(11-13-7-9-15(19)10-8-13)18(21)23-12-14-5-3-2-4-6-14/h2-11H,12H2,1H3. The molecular weight excluding hydrogens is 299 g/mol. The van der Waals surface area contributed by atoms with E-state index in [0.29, 0.717) is 5.56 Å². The summed E-state index contributed by atoms with van der Waals surface area (Å²) in [5.41, 5.74) is 1.03. The predicted molar refractivity (Wildman–Crippen MR) is 82.6 cm³/mol. The second-order valence-electron chi connectivity index (χ2n) is 4.66. The molecule has 0 aliphatic heterocycles. The molecule has 2 aromatic carbocycles. The van der Waals surface area contributed by atoms with Gasteiger partial charge in [-0.05, 0) is 29.3 Å². The molecule has 118 valence electrons. The molecule has 0 aliphatic rings. The van der Waals surface area contributed by atoms with Crippen LogP contribution in [0.25, 0.3) is 6.08 Å². The third-order valence-corrected chi connectivity index (χ3v) is 3.02. The number of hydrogen-bond donors (Lipinski definition) is 0. The van der Waals surface area contributed by atoms with Crippen LogP contribution < -0.4 is 0 Å². The largest absolute Gasteiger partial charge is 0.465 e. The third-order valence-electron chi connectivity index (χ3n) is 3.02. The van der Waals surface area contributed by atoms with Crippen molar-refractivity contribution >= 4 is 18.0 Å². The van der Waals surface area contributed by atoms with E-state index in [1.807, 2.05) is 18.2 Å². The summed E-state index contributed by atoms with van der Waals surface area (Å²) in [7, 11) is 1.17. The number of rotatable bonds is 5. The lowest BCUT2D eigenvalue weighted by atomic mass is 10.1. The average Bonchev–Trinajstić information content (AvgIpc) is 2.59. The Morgan fingerprint density at radius 1 is 1.00 bits per heavy atom. The van der Waals surface area contributed by atoms with Crippen molar-refractivity contribution in [3.8, 4) is 0 Å². The maximum atomic E-state index is 12.9. The fourth-order valence-electron chi connectivity index (χ4n) is 1.84. The van der Waals surface area contributed by atoms with Crippen LogP contribution >= 0.6 is 0 Å². The van der Waals surface area contributed by atoms with Crippen molar-refractivity contribution < 1.29 is 23.5 Å². The van der Waals surface area contributed by atoms with Crippen LogP contribution in [0.15, 0.2) is 60.2 Å². The van der Waals surface area contributed by atoms with E-state index < -0.39 is 17.8 Å². The summed E-state index contributed by atoms with van der Waals surface area (Å²) >= 11 is 0. The molecule has 0 unspecified atom stereocenters. The van der Waals surface area contributed by atoms with Crippen molar-refractivity contribution in [2.24, 2.45) is 0 Å². The molecule has 2 rings (SSSR count). The van der Waals surface area contributed by atoms with Crippen LogP contribution in [0.3, 0.4) is 0 Å². The molecule has 0 saturated carbocycles. The van der Waals surface area contributed by atoms with Gasteiger partial charge in [-0.2, -0.15) is 0 Å². The highest BCUT2D eigenvalue weighted by Gasteiger charge is 2.20. The summed E-state index contributed by atoms with van der Waals surface area (Å²) in [5.74, 6) is -2.02. The van der Waals surface area contributed by atoms with Crippen LogP contribution in [0.1, 0.15) is 11.1 Å². The minimum absolute atomic E-state index is 0.0391. The van der Waals surface area contributed by atoms with E-state index in [4.69, 9.17) is 4.74 Å². The van der Waals surface area contributed by atoms with E-state index >= 15 is 0 Å². The lowest BCUT2D eigenvalue weighted by molar-refractivity contribution is -0.146. The van der Waals surface area contributed by atoms with Gasteiger partial charge in [0.15, 0.2) is 0 Å². The zero-order valence-corrected chi connectivity index (χ0v) is 12.5. The molecule has 0 saturated heterocycles. The summed E-state index contributed by atoms with van der Waals surface area (Å²) in [6, 6.07) is 14.4. The fourth-order valence-corrected chi connectivity index (χ4v) is 1.84. The van der Waals surface area contributed by atoms with Crippen molar-refractivity contribution in [1.29, 1.82) is 0 Å². The number of carbonyl (C=O) groups is 2. The number of halogens is 1. The lowest BCUT2D eigenvalue weighted by Crippen LogP contribution is -2.17. The molecule has 0 N–H and O–H groups in total. The third kappa shape index (κ3) is 4.78. The topological polar surface area (TPSA) is 52.6 Å². The Balaban J connectivity index is 2.15. The molecule has 0 aliphatic carbocycles. The smallest absolute Gasteiger partial charge is 0.345 e. The zero-order valence-electron chi connectivity index (χ0n) is 12.5. The number of ether oxygens (including phenoxy) is 2. The van der Waals surface area contributed by atoms with E-state index in [-0.39, 0.29) is 12.2 Å². The van der Waals surface area contributed by atoms with E-state index in [9.17, 15) is 14.0 Å². The Kier molecular flexibility index (Phi) is 5.63. The molecule has 23 heavy (non-hydrogen) atoms. The summed E-state index contributed by atoms with van der Waals surface area (Å²) in [5, 5.41) is 0. The van der Waals surface area contributed by atoms with Gasteiger partial charge in [0, 0.05) is 0 Å². The van der Waals surface area contributed by atoms with Crippen LogP contribution in [-0.4, -0.2) is 19.0 Å². The van der Waals surface area contributed by atoms with Crippen LogP contribution in [0.2, 0.25) is 0 Å². The maximum absolute atomic E-state index is 12.9. The Bertz CT molecular complexity index is 706. The Morgan fingerprint density at radius 2 is 1.65 bits per heavy atom. The van der Waals surface area contributed by atoms with Gasteiger partial charge in [-0.3, -0.25) is 0 Å². The van der Waals surface area contributed by atoms with Crippen molar-refractivity contribution in [1.82, 2.24) is 0 Å². The van der Waals surface area contributed by atoms with E-state index in [2.05, 4.69) is 4.74 Å². The molecule has 0 spiro atoms. The van der Waals surface area contributed by atoms with E-state index in [1.165, 1.54) is 37.5 Å². The maximum Gasteiger partial charge on any atom is 0.345 e. The van der Waals surface area contributed by atoms with Crippen LogP contribution in [0.4, 0.5) is 4.39 Å². The highest BCUT2D eigenvalue weighted by atomic mass is 19.1. The van der Waals surface area contributed by atoms with Gasteiger partial charge in [-0.25, -0.2) is 14.0 Å². The van der Waals surface area contributed by atoms with E-state index in [1.54, 1.807) is 12.1 Å². The first-order chi connectivity index (χ1) is 11.1. The number of carbonyl (C=O) groups excluding carboxylic acids is 2. The van der Waals surface area contributed by atoms with Gasteiger partial charge >= 0.3 is 11.9 Å². The van der Waals surface area contributed by atoms with Gasteiger partial charge in [-0.15, -0.1) is 0 Å². The van der Waals surface area contributed by atoms with E-state index in [0.717, 1.165) is 5.56 Å². The highest BCUT2D eigenvalue weighted by Crippen LogP contribution is 2.12. The molecule has 0 radical (unpaired) electrons. The first-order valence-corrected chi connectivity index (χ1v) is 6.87. The fraction of sp³-hybridized carbons (Fsp3) is 0.111. The molecule has 0 atom stereocenters. The highest BCUT2D eigenvalue weighted by molar-refractivity contribution is 6.17. The summed E-state index contributed by atoms with van der Waals surface area (Å²) < 4.78 is 22.6. The van der Waals surface area contributed by atoms with Gasteiger partial charge in [0.05, 0.1) is 7.11 Å². The molecule has 4 nitrogen and oxygen atoms in total. The minimum atomic E-state index is -0.813. The van der Waals surface area contributed by atoms with Gasteiger partial charge in [0.25, 0.3) is 0 Å². The molecule has 0 aromatic heterocycles. The number of benzene rings is 2. The molecule has 0 heterocycles. The second kappa shape index (κ2) is 7.89. The number of esters is 2. The average molecular weight is 314 g/mol. The Hall–Kier alpha value is -2.95. The van der Waals surface area contributed by atoms with Crippen LogP contribution in [-0.2, 0) is 25.7 Å². The number of methoxy groups -OCH3 is 1. The van der Waals surface area contributed by atoms with Gasteiger partial charge < -0.3 is 9.47 Å². The number of hydrogen-bond acceptors (Lipinski definition) is 4. The summed E-state index contributed by atoms with van der Waals surface area (Å²) in [6.45, 7) is 0.0391.